The normalized spacial score (nSPS) is 12.2. The van der Waals surface area contributed by atoms with Gasteiger partial charge in [0.05, 0.1) is 6.42 Å². The Morgan fingerprint density at radius 1 is 1.23 bits per heavy atom. The number of hydrogen-bond acceptors (Lipinski definition) is 2. The highest BCUT2D eigenvalue weighted by molar-refractivity contribution is 5.79. The summed E-state index contributed by atoms with van der Waals surface area (Å²) in [7, 11) is 5.44. The zero-order chi connectivity index (χ0) is 16.8. The molecule has 0 heterocycles. The van der Waals surface area contributed by atoms with Crippen LogP contribution in [0, 0.1) is 6.92 Å². The summed E-state index contributed by atoms with van der Waals surface area (Å²) in [4.78, 5) is 5.93. The second-order valence-corrected chi connectivity index (χ2v) is 5.24. The molecule has 4 nitrogen and oxygen atoms in total. The maximum Gasteiger partial charge on any atom is 0.390 e. The van der Waals surface area contributed by atoms with Crippen LogP contribution in [0.4, 0.5) is 18.9 Å². The number of rotatable bonds is 5. The van der Waals surface area contributed by atoms with Crippen LogP contribution in [0.2, 0.25) is 0 Å². The zero-order valence-electron chi connectivity index (χ0n) is 13.4. The lowest BCUT2D eigenvalue weighted by Crippen LogP contribution is -2.38. The summed E-state index contributed by atoms with van der Waals surface area (Å²) < 4.78 is 36.4. The summed E-state index contributed by atoms with van der Waals surface area (Å²) in [5.41, 5.74) is 3.27. The third-order valence-corrected chi connectivity index (χ3v) is 3.09. The Hall–Kier alpha value is -1.92. The van der Waals surface area contributed by atoms with Crippen molar-refractivity contribution in [2.45, 2.75) is 26.1 Å². The summed E-state index contributed by atoms with van der Waals surface area (Å²) in [5, 5.41) is 5.69. The van der Waals surface area contributed by atoms with E-state index in [0.29, 0.717) is 12.5 Å². The SMILES string of the molecule is CN=C(NCCC(F)(F)F)NCc1ccc(C)cc1N(C)C. The van der Waals surface area contributed by atoms with Crippen LogP contribution in [0.5, 0.6) is 0 Å². The number of halogens is 3. The van der Waals surface area contributed by atoms with Gasteiger partial charge in [-0.25, -0.2) is 0 Å². The predicted molar refractivity (Wildman–Crippen MR) is 84.4 cm³/mol. The number of hydrogen-bond donors (Lipinski definition) is 2. The fourth-order valence-electron chi connectivity index (χ4n) is 1.96. The van der Waals surface area contributed by atoms with Gasteiger partial charge in [-0.05, 0) is 24.1 Å². The predicted octanol–water partition coefficient (Wildman–Crippen LogP) is 2.68. The highest BCUT2D eigenvalue weighted by atomic mass is 19.4. The Morgan fingerprint density at radius 2 is 1.91 bits per heavy atom. The molecule has 0 aromatic heterocycles. The molecule has 0 aliphatic rings. The van der Waals surface area contributed by atoms with E-state index in [-0.39, 0.29) is 6.54 Å². The van der Waals surface area contributed by atoms with E-state index >= 15 is 0 Å². The van der Waals surface area contributed by atoms with Gasteiger partial charge in [-0.3, -0.25) is 4.99 Å². The molecule has 124 valence electrons. The van der Waals surface area contributed by atoms with E-state index in [1.807, 2.05) is 38.1 Å². The third kappa shape index (κ3) is 6.24. The molecule has 0 atom stereocenters. The first-order valence-corrected chi connectivity index (χ1v) is 7.01. The van der Waals surface area contributed by atoms with Crippen LogP contribution >= 0.6 is 0 Å². The molecule has 0 unspecified atom stereocenters. The molecule has 7 heteroatoms. The minimum atomic E-state index is -4.17. The summed E-state index contributed by atoms with van der Waals surface area (Å²) in [6, 6.07) is 6.07. The molecule has 2 N–H and O–H groups in total. The number of benzene rings is 1. The number of nitrogens with zero attached hydrogens (tertiary/aromatic N) is 2. The second-order valence-electron chi connectivity index (χ2n) is 5.24. The second kappa shape index (κ2) is 7.91. The quantitative estimate of drug-likeness (QED) is 0.648. The molecule has 1 rings (SSSR count). The molecule has 0 aliphatic heterocycles. The number of guanidine groups is 1. The van der Waals surface area contributed by atoms with E-state index < -0.39 is 12.6 Å². The molecule has 0 spiro atoms. The highest BCUT2D eigenvalue weighted by Gasteiger charge is 2.26. The van der Waals surface area contributed by atoms with Crippen LogP contribution in [0.25, 0.3) is 0 Å². The maximum atomic E-state index is 12.1. The lowest BCUT2D eigenvalue weighted by molar-refractivity contribution is -0.132. The lowest BCUT2D eigenvalue weighted by Gasteiger charge is -2.19. The number of nitrogens with one attached hydrogen (secondary N) is 2. The maximum absolute atomic E-state index is 12.1. The number of alkyl halides is 3. The Bertz CT molecular complexity index is 510. The molecule has 22 heavy (non-hydrogen) atoms. The minimum absolute atomic E-state index is 0.197. The molecule has 0 bridgehead atoms. The monoisotopic (exact) mass is 316 g/mol. The average Bonchev–Trinajstić information content (AvgIpc) is 2.42. The molecule has 0 amide bonds. The molecule has 0 fully saturated rings. The lowest BCUT2D eigenvalue weighted by atomic mass is 10.1. The first kappa shape index (κ1) is 18.1. The van der Waals surface area contributed by atoms with Crippen LogP contribution in [-0.4, -0.2) is 39.8 Å². The van der Waals surface area contributed by atoms with Crippen LogP contribution in [0.3, 0.4) is 0 Å². The van der Waals surface area contributed by atoms with Gasteiger partial charge in [-0.2, -0.15) is 13.2 Å². The van der Waals surface area contributed by atoms with Crippen LogP contribution in [0.1, 0.15) is 17.5 Å². The van der Waals surface area contributed by atoms with Gasteiger partial charge < -0.3 is 15.5 Å². The summed E-state index contributed by atoms with van der Waals surface area (Å²) in [6.07, 6.45) is -5.05. The van der Waals surface area contributed by atoms with Crippen molar-refractivity contribution in [3.05, 3.63) is 29.3 Å². The Kier molecular flexibility index (Phi) is 6.52. The van der Waals surface area contributed by atoms with E-state index in [1.165, 1.54) is 7.05 Å². The summed E-state index contributed by atoms with van der Waals surface area (Å²) in [5.74, 6) is 0.356. The smallest absolute Gasteiger partial charge is 0.377 e. The molecule has 0 saturated heterocycles. The largest absolute Gasteiger partial charge is 0.390 e. The van der Waals surface area contributed by atoms with Crippen LogP contribution in [-0.2, 0) is 6.54 Å². The molecule has 0 aliphatic carbocycles. The third-order valence-electron chi connectivity index (χ3n) is 3.09. The molecule has 1 aromatic carbocycles. The van der Waals surface area contributed by atoms with Crippen molar-refractivity contribution in [1.82, 2.24) is 10.6 Å². The van der Waals surface area contributed by atoms with Crippen molar-refractivity contribution in [3.63, 3.8) is 0 Å². The van der Waals surface area contributed by atoms with E-state index in [4.69, 9.17) is 0 Å². The molecule has 0 radical (unpaired) electrons. The molecular formula is C15H23F3N4. The zero-order valence-corrected chi connectivity index (χ0v) is 13.4. The number of aliphatic imine (C=N–C) groups is 1. The Labute approximate surface area is 129 Å². The van der Waals surface area contributed by atoms with Gasteiger partial charge in [0.15, 0.2) is 5.96 Å². The summed E-state index contributed by atoms with van der Waals surface area (Å²) >= 11 is 0. The van der Waals surface area contributed by atoms with Crippen molar-refractivity contribution in [2.24, 2.45) is 4.99 Å². The van der Waals surface area contributed by atoms with E-state index in [1.54, 1.807) is 0 Å². The van der Waals surface area contributed by atoms with Crippen molar-refractivity contribution < 1.29 is 13.2 Å². The van der Waals surface area contributed by atoms with Gasteiger partial charge in [0.2, 0.25) is 0 Å². The first-order valence-electron chi connectivity index (χ1n) is 7.01. The average molecular weight is 316 g/mol. The van der Waals surface area contributed by atoms with Crippen molar-refractivity contribution in [2.75, 3.05) is 32.6 Å². The molecular weight excluding hydrogens is 293 g/mol. The van der Waals surface area contributed by atoms with E-state index in [9.17, 15) is 13.2 Å². The minimum Gasteiger partial charge on any atom is -0.377 e. The summed E-state index contributed by atoms with van der Waals surface area (Å²) in [6.45, 7) is 2.30. The van der Waals surface area contributed by atoms with Crippen LogP contribution in [0.15, 0.2) is 23.2 Å². The number of aryl methyl sites for hydroxylation is 1. The van der Waals surface area contributed by atoms with Crippen molar-refractivity contribution in [1.29, 1.82) is 0 Å². The van der Waals surface area contributed by atoms with Gasteiger partial charge in [0, 0.05) is 39.9 Å². The van der Waals surface area contributed by atoms with Gasteiger partial charge in [0.25, 0.3) is 0 Å². The van der Waals surface area contributed by atoms with Gasteiger partial charge in [0.1, 0.15) is 0 Å². The fraction of sp³-hybridized carbons (Fsp3) is 0.533. The topological polar surface area (TPSA) is 39.7 Å². The van der Waals surface area contributed by atoms with Crippen molar-refractivity contribution in [3.8, 4) is 0 Å². The Balaban J connectivity index is 2.60. The van der Waals surface area contributed by atoms with Gasteiger partial charge >= 0.3 is 6.18 Å². The highest BCUT2D eigenvalue weighted by Crippen LogP contribution is 2.20. The van der Waals surface area contributed by atoms with Crippen LogP contribution < -0.4 is 15.5 Å². The van der Waals surface area contributed by atoms with E-state index in [0.717, 1.165) is 16.8 Å². The van der Waals surface area contributed by atoms with Crippen molar-refractivity contribution >= 4 is 11.6 Å². The number of anilines is 1. The Morgan fingerprint density at radius 3 is 2.45 bits per heavy atom. The molecule has 0 saturated carbocycles. The van der Waals surface area contributed by atoms with Gasteiger partial charge in [-0.1, -0.05) is 12.1 Å². The van der Waals surface area contributed by atoms with Gasteiger partial charge in [-0.15, -0.1) is 0 Å². The first-order chi connectivity index (χ1) is 10.2. The standard InChI is InChI=1S/C15H23F3N4/c1-11-5-6-12(13(9-11)22(3)4)10-21-14(19-2)20-8-7-15(16,17)18/h5-6,9H,7-8,10H2,1-4H3,(H2,19,20,21). The molecule has 1 aromatic rings. The fourth-order valence-corrected chi connectivity index (χ4v) is 1.96. The van der Waals surface area contributed by atoms with E-state index in [2.05, 4.69) is 21.7 Å².